The highest BCUT2D eigenvalue weighted by atomic mass is 79.9. The van der Waals surface area contributed by atoms with Gasteiger partial charge in [0.1, 0.15) is 0 Å². The van der Waals surface area contributed by atoms with Crippen LogP contribution in [0.15, 0.2) is 57.9 Å². The molecule has 20 heavy (non-hydrogen) atoms. The maximum atomic E-state index is 12.7. The van der Waals surface area contributed by atoms with E-state index in [1.807, 2.05) is 0 Å². The number of hydrogen-bond donors (Lipinski definition) is 1. The molecule has 2 rings (SSSR count). The van der Waals surface area contributed by atoms with Crippen LogP contribution in [0.4, 0.5) is 11.4 Å². The van der Waals surface area contributed by atoms with Crippen LogP contribution in [0, 0.1) is 0 Å². The summed E-state index contributed by atoms with van der Waals surface area (Å²) in [6.45, 7) is 2.12. The Morgan fingerprint density at radius 1 is 1.15 bits per heavy atom. The van der Waals surface area contributed by atoms with Crippen LogP contribution in [-0.2, 0) is 10.0 Å². The highest BCUT2D eigenvalue weighted by Gasteiger charge is 2.23. The first-order chi connectivity index (χ1) is 9.45. The van der Waals surface area contributed by atoms with Crippen molar-refractivity contribution in [2.45, 2.75) is 11.8 Å². The normalized spacial score (nSPS) is 11.3. The second-order valence-electron chi connectivity index (χ2n) is 4.22. The molecule has 0 aliphatic rings. The lowest BCUT2D eigenvalue weighted by Crippen LogP contribution is -2.30. The fraction of sp³-hybridized carbons (Fsp3) is 0.143. The van der Waals surface area contributed by atoms with E-state index in [2.05, 4.69) is 15.9 Å². The average Bonchev–Trinajstić information content (AvgIpc) is 2.39. The third-order valence-corrected chi connectivity index (χ3v) is 5.22. The third-order valence-electron chi connectivity index (χ3n) is 2.83. The zero-order chi connectivity index (χ0) is 14.8. The summed E-state index contributed by atoms with van der Waals surface area (Å²) in [6.07, 6.45) is 0. The second kappa shape index (κ2) is 5.85. The van der Waals surface area contributed by atoms with Crippen LogP contribution in [0.2, 0.25) is 0 Å². The molecule has 0 saturated carbocycles. The van der Waals surface area contributed by atoms with E-state index in [1.54, 1.807) is 55.5 Å². The quantitative estimate of drug-likeness (QED) is 0.857. The zero-order valence-electron chi connectivity index (χ0n) is 11.0. The van der Waals surface area contributed by atoms with Crippen molar-refractivity contribution < 1.29 is 8.42 Å². The van der Waals surface area contributed by atoms with Crippen molar-refractivity contribution in [1.82, 2.24) is 0 Å². The first-order valence-electron chi connectivity index (χ1n) is 6.09. The van der Waals surface area contributed by atoms with Gasteiger partial charge in [-0.25, -0.2) is 8.42 Å². The summed E-state index contributed by atoms with van der Waals surface area (Å²) in [7, 11) is -3.60. The molecule has 0 unspecified atom stereocenters. The van der Waals surface area contributed by atoms with Crippen molar-refractivity contribution in [2.24, 2.45) is 0 Å². The molecule has 2 aromatic rings. The Labute approximate surface area is 127 Å². The fourth-order valence-electron chi connectivity index (χ4n) is 1.93. The molecule has 0 amide bonds. The van der Waals surface area contributed by atoms with Crippen molar-refractivity contribution >= 4 is 37.3 Å². The highest BCUT2D eigenvalue weighted by molar-refractivity contribution is 9.10. The van der Waals surface area contributed by atoms with E-state index in [9.17, 15) is 8.42 Å². The maximum absolute atomic E-state index is 12.7. The van der Waals surface area contributed by atoms with Gasteiger partial charge in [0, 0.05) is 16.7 Å². The van der Waals surface area contributed by atoms with Gasteiger partial charge in [-0.15, -0.1) is 0 Å². The van der Waals surface area contributed by atoms with Crippen LogP contribution in [0.1, 0.15) is 6.92 Å². The van der Waals surface area contributed by atoms with Crippen LogP contribution in [0.25, 0.3) is 0 Å². The van der Waals surface area contributed by atoms with E-state index in [1.165, 1.54) is 4.31 Å². The number of nitrogen functional groups attached to an aromatic ring is 1. The van der Waals surface area contributed by atoms with E-state index < -0.39 is 10.0 Å². The summed E-state index contributed by atoms with van der Waals surface area (Å²) in [4.78, 5) is 0.246. The molecule has 0 fully saturated rings. The maximum Gasteiger partial charge on any atom is 0.264 e. The predicted octanol–water partition coefficient (Wildman–Crippen LogP) is 3.25. The monoisotopic (exact) mass is 354 g/mol. The molecule has 0 aliphatic heterocycles. The van der Waals surface area contributed by atoms with E-state index in [-0.39, 0.29) is 4.90 Å². The van der Waals surface area contributed by atoms with Gasteiger partial charge < -0.3 is 5.73 Å². The van der Waals surface area contributed by atoms with Crippen molar-refractivity contribution in [3.05, 3.63) is 53.0 Å². The van der Waals surface area contributed by atoms with Crippen molar-refractivity contribution in [3.8, 4) is 0 Å². The second-order valence-corrected chi connectivity index (χ2v) is 7.00. The number of rotatable bonds is 4. The number of hydrogen-bond acceptors (Lipinski definition) is 3. The number of anilines is 2. The molecule has 4 nitrogen and oxygen atoms in total. The minimum Gasteiger partial charge on any atom is -0.399 e. The molecule has 0 spiro atoms. The predicted molar refractivity (Wildman–Crippen MR) is 85.2 cm³/mol. The molecular weight excluding hydrogens is 340 g/mol. The minimum absolute atomic E-state index is 0.246. The molecule has 6 heteroatoms. The summed E-state index contributed by atoms with van der Waals surface area (Å²) in [6, 6.07) is 13.5. The Kier molecular flexibility index (Phi) is 4.35. The molecule has 0 aromatic heterocycles. The molecule has 0 radical (unpaired) electrons. The molecule has 0 saturated heterocycles. The number of halogens is 1. The highest BCUT2D eigenvalue weighted by Crippen LogP contribution is 2.26. The molecular formula is C14H15BrN2O2S. The Hall–Kier alpha value is -1.53. The van der Waals surface area contributed by atoms with Crippen LogP contribution in [-0.4, -0.2) is 15.0 Å². The van der Waals surface area contributed by atoms with Crippen LogP contribution in [0.3, 0.4) is 0 Å². The van der Waals surface area contributed by atoms with Gasteiger partial charge >= 0.3 is 0 Å². The van der Waals surface area contributed by atoms with Crippen LogP contribution >= 0.6 is 15.9 Å². The molecule has 0 heterocycles. The first kappa shape index (κ1) is 14.9. The Bertz CT molecular complexity index is 717. The van der Waals surface area contributed by atoms with E-state index >= 15 is 0 Å². The van der Waals surface area contributed by atoms with Crippen LogP contribution < -0.4 is 10.0 Å². The standard InChI is InChI=1S/C14H15BrN2O2S/c1-2-17(13-7-4-6-12(16)10-13)20(18,19)14-8-3-5-11(15)9-14/h3-10H,2,16H2,1H3. The number of nitrogens with zero attached hydrogens (tertiary/aromatic N) is 1. The van der Waals surface area contributed by atoms with Crippen molar-refractivity contribution in [1.29, 1.82) is 0 Å². The van der Waals surface area contributed by atoms with Gasteiger partial charge in [-0.1, -0.05) is 28.1 Å². The topological polar surface area (TPSA) is 63.4 Å². The summed E-state index contributed by atoms with van der Waals surface area (Å²) in [5.74, 6) is 0. The van der Waals surface area contributed by atoms with Gasteiger partial charge in [-0.05, 0) is 43.3 Å². The van der Waals surface area contributed by atoms with Crippen molar-refractivity contribution in [3.63, 3.8) is 0 Å². The SMILES string of the molecule is CCN(c1cccc(N)c1)S(=O)(=O)c1cccc(Br)c1. The Morgan fingerprint density at radius 3 is 2.45 bits per heavy atom. The molecule has 106 valence electrons. The number of nitrogens with two attached hydrogens (primary N) is 1. The Balaban J connectivity index is 2.50. The van der Waals surface area contributed by atoms with E-state index in [0.29, 0.717) is 17.9 Å². The summed E-state index contributed by atoms with van der Waals surface area (Å²) in [5, 5.41) is 0. The summed E-state index contributed by atoms with van der Waals surface area (Å²) < 4.78 is 27.4. The lowest BCUT2D eigenvalue weighted by atomic mass is 10.3. The Morgan fingerprint density at radius 2 is 1.85 bits per heavy atom. The number of benzene rings is 2. The molecule has 2 N–H and O–H groups in total. The van der Waals surface area contributed by atoms with Crippen molar-refractivity contribution in [2.75, 3.05) is 16.6 Å². The largest absolute Gasteiger partial charge is 0.399 e. The van der Waals surface area contributed by atoms with Gasteiger partial charge in [-0.2, -0.15) is 0 Å². The van der Waals surface area contributed by atoms with E-state index in [0.717, 1.165) is 4.47 Å². The summed E-state index contributed by atoms with van der Waals surface area (Å²) >= 11 is 3.29. The van der Waals surface area contributed by atoms with Gasteiger partial charge in [0.25, 0.3) is 10.0 Å². The summed E-state index contributed by atoms with van der Waals surface area (Å²) in [5.41, 5.74) is 6.82. The fourth-order valence-corrected chi connectivity index (χ4v) is 3.99. The van der Waals surface area contributed by atoms with Gasteiger partial charge in [-0.3, -0.25) is 4.31 Å². The molecule has 0 bridgehead atoms. The number of sulfonamides is 1. The van der Waals surface area contributed by atoms with E-state index in [4.69, 9.17) is 5.73 Å². The van der Waals surface area contributed by atoms with Gasteiger partial charge in [0.2, 0.25) is 0 Å². The average molecular weight is 355 g/mol. The lowest BCUT2D eigenvalue weighted by molar-refractivity contribution is 0.592. The smallest absolute Gasteiger partial charge is 0.264 e. The van der Waals surface area contributed by atoms with Crippen LogP contribution in [0.5, 0.6) is 0 Å². The third kappa shape index (κ3) is 2.96. The molecule has 0 aliphatic carbocycles. The first-order valence-corrected chi connectivity index (χ1v) is 8.32. The molecule has 0 atom stereocenters. The zero-order valence-corrected chi connectivity index (χ0v) is 13.4. The van der Waals surface area contributed by atoms with Gasteiger partial charge in [0.05, 0.1) is 10.6 Å². The lowest BCUT2D eigenvalue weighted by Gasteiger charge is -2.23. The minimum atomic E-state index is -3.60. The van der Waals surface area contributed by atoms with Gasteiger partial charge in [0.15, 0.2) is 0 Å². The molecule has 2 aromatic carbocycles.